The van der Waals surface area contributed by atoms with Crippen molar-refractivity contribution in [2.45, 2.75) is 25.5 Å². The molecule has 0 heterocycles. The monoisotopic (exact) mass is 248 g/mol. The van der Waals surface area contributed by atoms with Gasteiger partial charge in [-0.15, -0.1) is 0 Å². The van der Waals surface area contributed by atoms with Crippen LogP contribution in [0.25, 0.3) is 0 Å². The molecule has 0 aliphatic carbocycles. The predicted octanol–water partition coefficient (Wildman–Crippen LogP) is 0.510. The maximum absolute atomic E-state index is 11.6. The van der Waals surface area contributed by atoms with Crippen LogP contribution in [-0.2, 0) is 9.59 Å². The average Bonchev–Trinajstić information content (AvgIpc) is 2.17. The van der Waals surface area contributed by atoms with Gasteiger partial charge in [0.15, 0.2) is 0 Å². The van der Waals surface area contributed by atoms with Crippen molar-refractivity contribution in [3.8, 4) is 0 Å². The number of carboxylic acid groups (broad SMARTS) is 1. The molecule has 1 atom stereocenters. The molecule has 2 amide bonds. The van der Waals surface area contributed by atoms with E-state index in [4.69, 9.17) is 10.8 Å². The maximum atomic E-state index is 11.6. The molecule has 0 saturated heterocycles. The molecular weight excluding hydrogens is 232 g/mol. The highest BCUT2D eigenvalue weighted by Crippen LogP contribution is 2.19. The number of primary amides is 1. The van der Waals surface area contributed by atoms with Gasteiger partial charge in [-0.25, -0.2) is 0 Å². The second kappa shape index (κ2) is 7.10. The van der Waals surface area contributed by atoms with Crippen molar-refractivity contribution >= 4 is 28.9 Å². The summed E-state index contributed by atoms with van der Waals surface area (Å²) in [7, 11) is 0. The topological polar surface area (TPSA) is 101 Å². The van der Waals surface area contributed by atoms with Gasteiger partial charge in [-0.05, 0) is 25.6 Å². The highest BCUT2D eigenvalue weighted by atomic mass is 32.2. The number of nitrogens with zero attached hydrogens (tertiary/aromatic N) is 1. The lowest BCUT2D eigenvalue weighted by Crippen LogP contribution is -2.32. The number of nitrogens with two attached hydrogens (primary N) is 1. The van der Waals surface area contributed by atoms with Crippen LogP contribution < -0.4 is 5.73 Å². The van der Waals surface area contributed by atoms with Crippen LogP contribution >= 0.6 is 11.8 Å². The third-order valence-electron chi connectivity index (χ3n) is 1.93. The summed E-state index contributed by atoms with van der Waals surface area (Å²) in [5, 5.41) is 7.34. The first-order chi connectivity index (χ1) is 7.42. The summed E-state index contributed by atoms with van der Waals surface area (Å²) < 4.78 is 0. The quantitative estimate of drug-likeness (QED) is 0.713. The van der Waals surface area contributed by atoms with Gasteiger partial charge in [-0.1, -0.05) is 0 Å². The molecule has 0 spiro atoms. The number of carbonyl (C=O) groups excluding carboxylic acids is 2. The Morgan fingerprint density at radius 3 is 2.12 bits per heavy atom. The van der Waals surface area contributed by atoms with E-state index in [-0.39, 0.29) is 11.7 Å². The predicted molar refractivity (Wildman–Crippen MR) is 61.1 cm³/mol. The summed E-state index contributed by atoms with van der Waals surface area (Å²) >= 11 is 0.625. The van der Waals surface area contributed by atoms with E-state index >= 15 is 0 Å². The third kappa shape index (κ3) is 5.01. The maximum Gasteiger partial charge on any atom is 0.317 e. The average molecular weight is 248 g/mol. The largest absolute Gasteiger partial charge is 0.480 e. The standard InChI is InChI=1S/C9H16N2O4S/c1-3-11(4-2)9(15)16-6(8(13)14)5-7(10)12/h6H,3-5H2,1-2H3,(H2,10,12)(H,13,14)/t6-/m0/s1. The van der Waals surface area contributed by atoms with Crippen LogP contribution in [0.1, 0.15) is 20.3 Å². The molecule has 7 heteroatoms. The Hall–Kier alpha value is -1.24. The summed E-state index contributed by atoms with van der Waals surface area (Å²) in [4.78, 5) is 34.5. The van der Waals surface area contributed by atoms with E-state index in [1.807, 2.05) is 0 Å². The van der Waals surface area contributed by atoms with Crippen molar-refractivity contribution in [2.24, 2.45) is 5.73 Å². The number of carbonyl (C=O) groups is 3. The van der Waals surface area contributed by atoms with Crippen LogP contribution in [-0.4, -0.2) is 45.5 Å². The Labute approximate surface area is 98.2 Å². The number of hydrogen-bond acceptors (Lipinski definition) is 4. The third-order valence-corrected chi connectivity index (χ3v) is 3.04. The Kier molecular flexibility index (Phi) is 6.55. The van der Waals surface area contributed by atoms with E-state index in [2.05, 4.69) is 0 Å². The van der Waals surface area contributed by atoms with E-state index in [0.29, 0.717) is 24.9 Å². The van der Waals surface area contributed by atoms with Gasteiger partial charge in [0, 0.05) is 19.5 Å². The SMILES string of the molecule is CCN(CC)C(=O)S[C@@H](CC(N)=O)C(=O)O. The van der Waals surface area contributed by atoms with Gasteiger partial charge in [0.25, 0.3) is 5.24 Å². The van der Waals surface area contributed by atoms with Gasteiger partial charge >= 0.3 is 5.97 Å². The summed E-state index contributed by atoms with van der Waals surface area (Å²) in [5.74, 6) is -1.93. The van der Waals surface area contributed by atoms with E-state index in [1.165, 1.54) is 4.90 Å². The Morgan fingerprint density at radius 2 is 1.81 bits per heavy atom. The van der Waals surface area contributed by atoms with Crippen LogP contribution in [0.2, 0.25) is 0 Å². The number of rotatable bonds is 6. The van der Waals surface area contributed by atoms with Crippen molar-refractivity contribution in [3.63, 3.8) is 0 Å². The molecule has 0 aliphatic heterocycles. The van der Waals surface area contributed by atoms with Gasteiger partial charge in [-0.3, -0.25) is 14.4 Å². The first-order valence-electron chi connectivity index (χ1n) is 4.89. The van der Waals surface area contributed by atoms with E-state index in [0.717, 1.165) is 0 Å². The number of carboxylic acids is 1. The fraction of sp³-hybridized carbons (Fsp3) is 0.667. The van der Waals surface area contributed by atoms with E-state index in [1.54, 1.807) is 13.8 Å². The molecule has 0 aromatic rings. The molecule has 16 heavy (non-hydrogen) atoms. The molecule has 6 nitrogen and oxygen atoms in total. The minimum Gasteiger partial charge on any atom is -0.480 e. The van der Waals surface area contributed by atoms with Gasteiger partial charge in [0.2, 0.25) is 5.91 Å². The lowest BCUT2D eigenvalue weighted by atomic mass is 10.3. The molecule has 0 rings (SSSR count). The Bertz CT molecular complexity index is 279. The first kappa shape index (κ1) is 14.8. The summed E-state index contributed by atoms with van der Waals surface area (Å²) in [5.41, 5.74) is 4.91. The molecule has 0 saturated carbocycles. The molecule has 3 N–H and O–H groups in total. The Morgan fingerprint density at radius 1 is 1.31 bits per heavy atom. The Balaban J connectivity index is 4.44. The van der Waals surface area contributed by atoms with Crippen molar-refractivity contribution in [1.29, 1.82) is 0 Å². The zero-order valence-corrected chi connectivity index (χ0v) is 10.1. The minimum absolute atomic E-state index is 0.340. The number of amides is 2. The minimum atomic E-state index is -1.20. The number of thioether (sulfide) groups is 1. The fourth-order valence-electron chi connectivity index (χ4n) is 1.04. The molecule has 92 valence electrons. The molecule has 0 bridgehead atoms. The van der Waals surface area contributed by atoms with Crippen molar-refractivity contribution in [2.75, 3.05) is 13.1 Å². The molecule has 0 aromatic heterocycles. The highest BCUT2D eigenvalue weighted by Gasteiger charge is 2.25. The summed E-state index contributed by atoms with van der Waals surface area (Å²) in [6.07, 6.45) is -0.340. The molecule has 0 fully saturated rings. The molecular formula is C9H16N2O4S. The molecule has 0 aliphatic rings. The van der Waals surface area contributed by atoms with Crippen LogP contribution in [0.4, 0.5) is 4.79 Å². The van der Waals surface area contributed by atoms with Gasteiger partial charge in [0.1, 0.15) is 5.25 Å². The van der Waals surface area contributed by atoms with Gasteiger partial charge < -0.3 is 15.7 Å². The lowest BCUT2D eigenvalue weighted by Gasteiger charge is -2.19. The first-order valence-corrected chi connectivity index (χ1v) is 5.76. The van der Waals surface area contributed by atoms with Crippen molar-refractivity contribution in [1.82, 2.24) is 4.90 Å². The van der Waals surface area contributed by atoms with Gasteiger partial charge in [-0.2, -0.15) is 0 Å². The van der Waals surface area contributed by atoms with E-state index in [9.17, 15) is 14.4 Å². The molecule has 0 aromatic carbocycles. The van der Waals surface area contributed by atoms with Crippen LogP contribution in [0.5, 0.6) is 0 Å². The highest BCUT2D eigenvalue weighted by molar-refractivity contribution is 8.14. The van der Waals surface area contributed by atoms with Crippen molar-refractivity contribution in [3.05, 3.63) is 0 Å². The second-order valence-corrected chi connectivity index (χ2v) is 4.21. The van der Waals surface area contributed by atoms with Crippen LogP contribution in [0.15, 0.2) is 0 Å². The smallest absolute Gasteiger partial charge is 0.317 e. The van der Waals surface area contributed by atoms with Gasteiger partial charge in [0.05, 0.1) is 0 Å². The lowest BCUT2D eigenvalue weighted by molar-refractivity contribution is -0.137. The zero-order chi connectivity index (χ0) is 12.7. The molecule has 0 unspecified atom stereocenters. The fourth-order valence-corrected chi connectivity index (χ4v) is 2.04. The van der Waals surface area contributed by atoms with Crippen LogP contribution in [0.3, 0.4) is 0 Å². The summed E-state index contributed by atoms with van der Waals surface area (Å²) in [6, 6.07) is 0. The zero-order valence-electron chi connectivity index (χ0n) is 9.30. The van der Waals surface area contributed by atoms with Crippen LogP contribution in [0, 0.1) is 0 Å². The normalized spacial score (nSPS) is 11.9. The number of hydrogen-bond donors (Lipinski definition) is 2. The number of aliphatic carboxylic acids is 1. The molecule has 0 radical (unpaired) electrons. The second-order valence-electron chi connectivity index (χ2n) is 3.05. The van der Waals surface area contributed by atoms with E-state index < -0.39 is 17.1 Å². The van der Waals surface area contributed by atoms with Crippen molar-refractivity contribution < 1.29 is 19.5 Å². The summed E-state index contributed by atoms with van der Waals surface area (Å²) in [6.45, 7) is 4.61.